The molecule has 3 aromatic carbocycles. The molecule has 0 aliphatic heterocycles. The summed E-state index contributed by atoms with van der Waals surface area (Å²) in [6.07, 6.45) is 3.30. The summed E-state index contributed by atoms with van der Waals surface area (Å²) in [6.45, 7) is 0. The quantitative estimate of drug-likeness (QED) is 0.359. The van der Waals surface area contributed by atoms with E-state index in [-0.39, 0.29) is 17.9 Å². The maximum atomic E-state index is 13.2. The number of aromatic nitrogens is 2. The predicted molar refractivity (Wildman–Crippen MR) is 129 cm³/mol. The van der Waals surface area contributed by atoms with E-state index in [0.29, 0.717) is 6.42 Å². The minimum Gasteiger partial charge on any atom is -0.346 e. The average Bonchev–Trinajstić information content (AvgIpc) is 3.25. The van der Waals surface area contributed by atoms with Crippen LogP contribution in [0.5, 0.6) is 0 Å². The Morgan fingerprint density at radius 3 is 2.16 bits per heavy atom. The number of aromatic amines is 1. The van der Waals surface area contributed by atoms with Crippen molar-refractivity contribution in [3.05, 3.63) is 102 Å². The first-order chi connectivity index (χ1) is 15.2. The van der Waals surface area contributed by atoms with E-state index < -0.39 is 0 Å². The molecule has 0 fully saturated rings. The van der Waals surface area contributed by atoms with Gasteiger partial charge in [-0.05, 0) is 41.7 Å². The highest BCUT2D eigenvalue weighted by atomic mass is 32.2. The van der Waals surface area contributed by atoms with Gasteiger partial charge in [-0.15, -0.1) is 0 Å². The van der Waals surface area contributed by atoms with Crippen molar-refractivity contribution < 1.29 is 4.79 Å². The van der Waals surface area contributed by atoms with Gasteiger partial charge < -0.3 is 10.3 Å². The number of para-hydroxylation sites is 2. The van der Waals surface area contributed by atoms with Crippen molar-refractivity contribution in [3.8, 4) is 0 Å². The second-order valence-electron chi connectivity index (χ2n) is 7.62. The van der Waals surface area contributed by atoms with Gasteiger partial charge in [0.15, 0.2) is 0 Å². The summed E-state index contributed by atoms with van der Waals surface area (Å²) < 4.78 is 0. The highest BCUT2D eigenvalue weighted by molar-refractivity contribution is 7.98. The predicted octanol–water partition coefficient (Wildman–Crippen LogP) is 5.70. The van der Waals surface area contributed by atoms with Crippen molar-refractivity contribution in [1.29, 1.82) is 0 Å². The van der Waals surface area contributed by atoms with Crippen LogP contribution in [0.4, 0.5) is 0 Å². The van der Waals surface area contributed by atoms with Crippen molar-refractivity contribution in [3.63, 3.8) is 0 Å². The van der Waals surface area contributed by atoms with E-state index in [4.69, 9.17) is 4.98 Å². The molecule has 0 saturated heterocycles. The van der Waals surface area contributed by atoms with Crippen LogP contribution in [0.2, 0.25) is 0 Å². The highest BCUT2D eigenvalue weighted by Gasteiger charge is 2.22. The molecule has 0 aliphatic rings. The fourth-order valence-electron chi connectivity index (χ4n) is 3.89. The summed E-state index contributed by atoms with van der Waals surface area (Å²) in [5.41, 5.74) is 4.21. The third-order valence-corrected chi connectivity index (χ3v) is 6.12. The molecule has 5 heteroatoms. The molecule has 4 aromatic rings. The standard InChI is InChI=1S/C26H27N3OS/c1-31-17-16-24(26-28-22-14-8-9-15-23(22)29-26)27-25(30)18-21(19-10-4-2-5-11-19)20-12-6-3-7-13-20/h2-15,21,24H,16-18H2,1H3,(H,27,30)(H,28,29). The van der Waals surface area contributed by atoms with E-state index in [1.807, 2.05) is 60.7 Å². The van der Waals surface area contributed by atoms with Crippen LogP contribution in [-0.4, -0.2) is 27.9 Å². The number of carbonyl (C=O) groups is 1. The van der Waals surface area contributed by atoms with Gasteiger partial charge in [0.2, 0.25) is 5.91 Å². The van der Waals surface area contributed by atoms with Crippen LogP contribution in [0.3, 0.4) is 0 Å². The summed E-state index contributed by atoms with van der Waals surface area (Å²) in [7, 11) is 0. The maximum absolute atomic E-state index is 13.2. The lowest BCUT2D eigenvalue weighted by atomic mass is 9.88. The van der Waals surface area contributed by atoms with Crippen LogP contribution < -0.4 is 5.32 Å². The Bertz CT molecular complexity index is 1040. The zero-order valence-electron chi connectivity index (χ0n) is 17.6. The molecule has 1 aromatic heterocycles. The van der Waals surface area contributed by atoms with E-state index in [2.05, 4.69) is 40.8 Å². The first-order valence-electron chi connectivity index (χ1n) is 10.6. The number of amides is 1. The first kappa shape index (κ1) is 21.2. The van der Waals surface area contributed by atoms with E-state index in [0.717, 1.165) is 40.2 Å². The fourth-order valence-corrected chi connectivity index (χ4v) is 4.36. The second-order valence-corrected chi connectivity index (χ2v) is 8.60. The molecule has 4 rings (SSSR count). The minimum atomic E-state index is -0.139. The molecular formula is C26H27N3OS. The van der Waals surface area contributed by atoms with E-state index in [1.165, 1.54) is 0 Å². The monoisotopic (exact) mass is 429 g/mol. The number of H-pyrrole nitrogens is 1. The Kier molecular flexibility index (Phi) is 7.05. The van der Waals surface area contributed by atoms with E-state index in [1.54, 1.807) is 11.8 Å². The molecule has 4 nitrogen and oxygen atoms in total. The Labute approximate surface area is 187 Å². The molecule has 0 bridgehead atoms. The van der Waals surface area contributed by atoms with Crippen LogP contribution in [0, 0.1) is 0 Å². The van der Waals surface area contributed by atoms with Crippen molar-refractivity contribution >= 4 is 28.7 Å². The number of fused-ring (bicyclic) bond motifs is 1. The molecule has 1 amide bonds. The van der Waals surface area contributed by atoms with Crippen LogP contribution >= 0.6 is 11.8 Å². The number of nitrogens with one attached hydrogen (secondary N) is 2. The normalized spacial score (nSPS) is 12.2. The molecular weight excluding hydrogens is 402 g/mol. The summed E-state index contributed by atoms with van der Waals surface area (Å²) >= 11 is 1.77. The van der Waals surface area contributed by atoms with Crippen LogP contribution in [-0.2, 0) is 4.79 Å². The van der Waals surface area contributed by atoms with Gasteiger partial charge in [0.1, 0.15) is 5.82 Å². The van der Waals surface area contributed by atoms with Gasteiger partial charge in [-0.2, -0.15) is 11.8 Å². The molecule has 1 heterocycles. The average molecular weight is 430 g/mol. The molecule has 0 spiro atoms. The number of rotatable bonds is 9. The molecule has 0 saturated carbocycles. The van der Waals surface area contributed by atoms with E-state index >= 15 is 0 Å². The van der Waals surface area contributed by atoms with Gasteiger partial charge >= 0.3 is 0 Å². The highest BCUT2D eigenvalue weighted by Crippen LogP contribution is 2.28. The van der Waals surface area contributed by atoms with Crippen molar-refractivity contribution in [2.75, 3.05) is 12.0 Å². The first-order valence-corrected chi connectivity index (χ1v) is 12.0. The number of thioether (sulfide) groups is 1. The molecule has 0 aliphatic carbocycles. The van der Waals surface area contributed by atoms with Gasteiger partial charge in [0.05, 0.1) is 17.1 Å². The lowest BCUT2D eigenvalue weighted by Crippen LogP contribution is -2.31. The van der Waals surface area contributed by atoms with E-state index in [9.17, 15) is 4.79 Å². The van der Waals surface area contributed by atoms with Crippen LogP contribution in [0.25, 0.3) is 11.0 Å². The largest absolute Gasteiger partial charge is 0.346 e. The smallest absolute Gasteiger partial charge is 0.221 e. The third kappa shape index (κ3) is 5.36. The van der Waals surface area contributed by atoms with Crippen molar-refractivity contribution in [2.45, 2.75) is 24.8 Å². The number of imidazole rings is 1. The molecule has 31 heavy (non-hydrogen) atoms. The minimum absolute atomic E-state index is 0.0132. The molecule has 158 valence electrons. The van der Waals surface area contributed by atoms with Gasteiger partial charge in [0.25, 0.3) is 0 Å². The Morgan fingerprint density at radius 2 is 1.55 bits per heavy atom. The van der Waals surface area contributed by atoms with Crippen molar-refractivity contribution in [1.82, 2.24) is 15.3 Å². The van der Waals surface area contributed by atoms with Crippen LogP contribution in [0.1, 0.15) is 41.8 Å². The van der Waals surface area contributed by atoms with Gasteiger partial charge in [-0.25, -0.2) is 4.98 Å². The third-order valence-electron chi connectivity index (χ3n) is 5.48. The number of benzene rings is 3. The van der Waals surface area contributed by atoms with Gasteiger partial charge in [-0.3, -0.25) is 4.79 Å². The van der Waals surface area contributed by atoms with Crippen LogP contribution in [0.15, 0.2) is 84.9 Å². The summed E-state index contributed by atoms with van der Waals surface area (Å²) in [6, 6.07) is 28.3. The SMILES string of the molecule is CSCCC(NC(=O)CC(c1ccccc1)c1ccccc1)c1nc2ccccc2[nH]1. The Hall–Kier alpha value is -3.05. The summed E-state index contributed by atoms with van der Waals surface area (Å²) in [4.78, 5) is 21.3. The Balaban J connectivity index is 1.55. The van der Waals surface area contributed by atoms with Gasteiger partial charge in [-0.1, -0.05) is 72.8 Å². The van der Waals surface area contributed by atoms with Gasteiger partial charge in [0, 0.05) is 12.3 Å². The maximum Gasteiger partial charge on any atom is 0.221 e. The van der Waals surface area contributed by atoms with Crippen molar-refractivity contribution in [2.24, 2.45) is 0 Å². The zero-order valence-corrected chi connectivity index (χ0v) is 18.4. The molecule has 1 unspecified atom stereocenters. The second kappa shape index (κ2) is 10.3. The topological polar surface area (TPSA) is 57.8 Å². The molecule has 2 N–H and O–H groups in total. The zero-order chi connectivity index (χ0) is 21.5. The lowest BCUT2D eigenvalue weighted by Gasteiger charge is -2.21. The number of carbonyl (C=O) groups excluding carboxylic acids is 1. The Morgan fingerprint density at radius 1 is 0.935 bits per heavy atom. The number of nitrogens with zero attached hydrogens (tertiary/aromatic N) is 1. The molecule has 0 radical (unpaired) electrons. The fraction of sp³-hybridized carbons (Fsp3) is 0.231. The summed E-state index contributed by atoms with van der Waals surface area (Å²) in [5.74, 6) is 1.81. The number of hydrogen-bond acceptors (Lipinski definition) is 3. The molecule has 1 atom stereocenters. The lowest BCUT2D eigenvalue weighted by molar-refractivity contribution is -0.122. The number of hydrogen-bond donors (Lipinski definition) is 2. The summed E-state index contributed by atoms with van der Waals surface area (Å²) in [5, 5.41) is 3.25.